The van der Waals surface area contributed by atoms with Crippen LogP contribution in [0.25, 0.3) is 11.5 Å². The van der Waals surface area contributed by atoms with Crippen molar-refractivity contribution in [3.8, 4) is 11.5 Å². The van der Waals surface area contributed by atoms with E-state index in [4.69, 9.17) is 0 Å². The lowest BCUT2D eigenvalue weighted by Crippen LogP contribution is -2.16. The second kappa shape index (κ2) is 8.62. The Morgan fingerprint density at radius 2 is 1.68 bits per heavy atom. The van der Waals surface area contributed by atoms with Gasteiger partial charge in [-0.2, -0.15) is 5.10 Å². The summed E-state index contributed by atoms with van der Waals surface area (Å²) in [6, 6.07) is 16.4. The minimum Gasteiger partial charge on any atom is -0.331 e. The van der Waals surface area contributed by atoms with Gasteiger partial charge in [0.15, 0.2) is 11.6 Å². The number of hydrogen-bond donors (Lipinski definition) is 1. The van der Waals surface area contributed by atoms with E-state index in [0.29, 0.717) is 22.9 Å². The lowest BCUT2D eigenvalue weighted by atomic mass is 10.1. The highest BCUT2D eigenvalue weighted by molar-refractivity contribution is 6.08. The SMILES string of the molecule is Cn1ccnc1C(=O)c1ccc(NC(=O)c2cnn(-c3ccccc3F)c2-n2cccc2)cc1. The zero-order valence-electron chi connectivity index (χ0n) is 18.1. The Kier molecular flexibility index (Phi) is 5.35. The van der Waals surface area contributed by atoms with Crippen LogP contribution in [0.3, 0.4) is 0 Å². The average Bonchev–Trinajstić information content (AvgIpc) is 3.60. The highest BCUT2D eigenvalue weighted by Gasteiger charge is 2.22. The summed E-state index contributed by atoms with van der Waals surface area (Å²) in [6.45, 7) is 0. The maximum atomic E-state index is 14.5. The number of anilines is 1. The third-order valence-electron chi connectivity index (χ3n) is 5.35. The van der Waals surface area contributed by atoms with Gasteiger partial charge in [0.25, 0.3) is 5.91 Å². The molecule has 168 valence electrons. The van der Waals surface area contributed by atoms with E-state index in [9.17, 15) is 14.0 Å². The first kappa shape index (κ1) is 21.1. The van der Waals surface area contributed by atoms with E-state index in [-0.39, 0.29) is 17.0 Å². The molecule has 8 nitrogen and oxygen atoms in total. The van der Waals surface area contributed by atoms with E-state index >= 15 is 0 Å². The second-order valence-electron chi connectivity index (χ2n) is 7.56. The normalized spacial score (nSPS) is 10.9. The molecule has 0 radical (unpaired) electrons. The first-order valence-electron chi connectivity index (χ1n) is 10.4. The molecule has 1 amide bonds. The van der Waals surface area contributed by atoms with Crippen LogP contribution in [0.5, 0.6) is 0 Å². The first-order valence-corrected chi connectivity index (χ1v) is 10.4. The van der Waals surface area contributed by atoms with Gasteiger partial charge in [0.2, 0.25) is 5.78 Å². The lowest BCUT2D eigenvalue weighted by Gasteiger charge is -2.12. The number of carbonyl (C=O) groups excluding carboxylic acids is 2. The molecular formula is C25H19FN6O2. The zero-order chi connectivity index (χ0) is 23.7. The van der Waals surface area contributed by atoms with Crippen LogP contribution < -0.4 is 5.32 Å². The molecule has 0 saturated heterocycles. The fraction of sp³-hybridized carbons (Fsp3) is 0.0400. The lowest BCUT2D eigenvalue weighted by molar-refractivity contribution is 0.102. The van der Waals surface area contributed by atoms with Gasteiger partial charge >= 0.3 is 0 Å². The van der Waals surface area contributed by atoms with Crippen LogP contribution in [-0.2, 0) is 7.05 Å². The minimum absolute atomic E-state index is 0.216. The molecule has 0 spiro atoms. The molecule has 34 heavy (non-hydrogen) atoms. The summed E-state index contributed by atoms with van der Waals surface area (Å²) in [6.07, 6.45) is 8.17. The van der Waals surface area contributed by atoms with Crippen molar-refractivity contribution in [2.45, 2.75) is 0 Å². The number of ketones is 1. The predicted octanol–water partition coefficient (Wildman–Crippen LogP) is 4.02. The number of carbonyl (C=O) groups is 2. The Balaban J connectivity index is 1.44. The van der Waals surface area contributed by atoms with E-state index in [0.717, 1.165) is 0 Å². The summed E-state index contributed by atoms with van der Waals surface area (Å²) in [4.78, 5) is 29.8. The highest BCUT2D eigenvalue weighted by Crippen LogP contribution is 2.23. The smallest absolute Gasteiger partial charge is 0.261 e. The zero-order valence-corrected chi connectivity index (χ0v) is 18.1. The number of rotatable bonds is 6. The number of para-hydroxylation sites is 1. The third-order valence-corrected chi connectivity index (χ3v) is 5.35. The number of halogens is 1. The minimum atomic E-state index is -0.459. The predicted molar refractivity (Wildman–Crippen MR) is 124 cm³/mol. The molecule has 3 aromatic heterocycles. The van der Waals surface area contributed by atoms with E-state index in [1.807, 2.05) is 0 Å². The Hall–Kier alpha value is -4.79. The average molecular weight is 454 g/mol. The highest BCUT2D eigenvalue weighted by atomic mass is 19.1. The molecule has 0 aliphatic carbocycles. The van der Waals surface area contributed by atoms with Crippen molar-refractivity contribution >= 4 is 17.4 Å². The molecule has 5 rings (SSSR count). The second-order valence-corrected chi connectivity index (χ2v) is 7.56. The molecule has 0 saturated carbocycles. The summed E-state index contributed by atoms with van der Waals surface area (Å²) in [5.41, 5.74) is 1.43. The van der Waals surface area contributed by atoms with E-state index in [2.05, 4.69) is 15.4 Å². The number of imidazole rings is 1. The van der Waals surface area contributed by atoms with Gasteiger partial charge in [-0.05, 0) is 48.5 Å². The van der Waals surface area contributed by atoms with Crippen LogP contribution in [0.4, 0.5) is 10.1 Å². The maximum Gasteiger partial charge on any atom is 0.261 e. The quantitative estimate of drug-likeness (QED) is 0.393. The van der Waals surface area contributed by atoms with Crippen LogP contribution in [0.2, 0.25) is 0 Å². The molecule has 0 bridgehead atoms. The molecule has 0 fully saturated rings. The molecule has 9 heteroatoms. The van der Waals surface area contributed by atoms with Gasteiger partial charge in [0.1, 0.15) is 17.1 Å². The summed E-state index contributed by atoms with van der Waals surface area (Å²) in [7, 11) is 1.75. The number of aromatic nitrogens is 5. The van der Waals surface area contributed by atoms with Crippen LogP contribution >= 0.6 is 0 Å². The van der Waals surface area contributed by atoms with Crippen molar-refractivity contribution in [2.24, 2.45) is 7.05 Å². The van der Waals surface area contributed by atoms with Crippen LogP contribution in [-0.4, -0.2) is 35.6 Å². The summed E-state index contributed by atoms with van der Waals surface area (Å²) in [5, 5.41) is 7.10. The molecule has 0 unspecified atom stereocenters. The van der Waals surface area contributed by atoms with Gasteiger partial charge in [0, 0.05) is 43.1 Å². The van der Waals surface area contributed by atoms with Crippen LogP contribution in [0, 0.1) is 5.82 Å². The molecule has 1 N–H and O–H groups in total. The van der Waals surface area contributed by atoms with Gasteiger partial charge < -0.3 is 14.5 Å². The molecule has 0 atom stereocenters. The van der Waals surface area contributed by atoms with Crippen LogP contribution in [0.1, 0.15) is 26.5 Å². The Bertz CT molecular complexity index is 1480. The summed E-state index contributed by atoms with van der Waals surface area (Å²) >= 11 is 0. The Morgan fingerprint density at radius 3 is 2.35 bits per heavy atom. The Labute approximate surface area is 193 Å². The van der Waals surface area contributed by atoms with Crippen molar-refractivity contribution in [3.63, 3.8) is 0 Å². The van der Waals surface area contributed by atoms with Gasteiger partial charge in [0.05, 0.1) is 6.20 Å². The molecular weight excluding hydrogens is 435 g/mol. The van der Waals surface area contributed by atoms with E-state index in [1.165, 1.54) is 16.9 Å². The van der Waals surface area contributed by atoms with Crippen molar-refractivity contribution < 1.29 is 14.0 Å². The molecule has 0 aliphatic rings. The fourth-order valence-corrected chi connectivity index (χ4v) is 3.64. The van der Waals surface area contributed by atoms with Gasteiger partial charge in [-0.25, -0.2) is 14.1 Å². The molecule has 0 aliphatic heterocycles. The van der Waals surface area contributed by atoms with E-state index in [1.54, 1.807) is 95.6 Å². The number of benzene rings is 2. The van der Waals surface area contributed by atoms with Gasteiger partial charge in [-0.3, -0.25) is 9.59 Å². The molecule has 3 heterocycles. The van der Waals surface area contributed by atoms with Gasteiger partial charge in [-0.15, -0.1) is 0 Å². The monoisotopic (exact) mass is 454 g/mol. The number of hydrogen-bond acceptors (Lipinski definition) is 4. The van der Waals surface area contributed by atoms with E-state index < -0.39 is 11.7 Å². The standard InChI is InChI=1S/C25H19FN6O2/c1-30-15-12-27-23(30)22(33)17-8-10-18(11-9-17)29-24(34)19-16-28-32(21-7-3-2-6-20(21)26)25(19)31-13-4-5-14-31/h2-16H,1H3,(H,29,34). The Morgan fingerprint density at radius 1 is 0.941 bits per heavy atom. The number of amides is 1. The molecule has 2 aromatic carbocycles. The largest absolute Gasteiger partial charge is 0.331 e. The molecule has 5 aromatic rings. The number of nitrogens with zero attached hydrogens (tertiary/aromatic N) is 5. The van der Waals surface area contributed by atoms with Crippen molar-refractivity contribution in [1.29, 1.82) is 0 Å². The third kappa shape index (κ3) is 3.79. The number of aryl methyl sites for hydroxylation is 1. The first-order chi connectivity index (χ1) is 16.5. The fourth-order valence-electron chi connectivity index (χ4n) is 3.64. The maximum absolute atomic E-state index is 14.5. The van der Waals surface area contributed by atoms with Crippen molar-refractivity contribution in [2.75, 3.05) is 5.32 Å². The van der Waals surface area contributed by atoms with Crippen molar-refractivity contribution in [3.05, 3.63) is 114 Å². The van der Waals surface area contributed by atoms with Gasteiger partial charge in [-0.1, -0.05) is 12.1 Å². The van der Waals surface area contributed by atoms with Crippen LogP contribution in [0.15, 0.2) is 91.6 Å². The number of nitrogens with one attached hydrogen (secondary N) is 1. The topological polar surface area (TPSA) is 86.7 Å². The van der Waals surface area contributed by atoms with Crippen molar-refractivity contribution in [1.82, 2.24) is 23.9 Å². The summed E-state index contributed by atoms with van der Waals surface area (Å²) in [5.74, 6) is -0.372. The summed E-state index contributed by atoms with van der Waals surface area (Å²) < 4.78 is 19.2.